The Kier molecular flexibility index (Phi) is 6.85. The van der Waals surface area contributed by atoms with Gasteiger partial charge in [0.05, 0.1) is 12.7 Å². The Balaban J connectivity index is 2.01. The second-order valence-electron chi connectivity index (χ2n) is 6.88. The van der Waals surface area contributed by atoms with Crippen LogP contribution in [0.4, 0.5) is 0 Å². The van der Waals surface area contributed by atoms with E-state index in [1.807, 2.05) is 0 Å². The molecule has 1 unspecified atom stereocenters. The van der Waals surface area contributed by atoms with Gasteiger partial charge in [0.15, 0.2) is 0 Å². The lowest BCUT2D eigenvalue weighted by Gasteiger charge is -2.24. The molecule has 18 heavy (non-hydrogen) atoms. The van der Waals surface area contributed by atoms with Crippen molar-refractivity contribution in [3.05, 3.63) is 0 Å². The molecule has 0 amide bonds. The van der Waals surface area contributed by atoms with Crippen molar-refractivity contribution in [3.63, 3.8) is 0 Å². The van der Waals surface area contributed by atoms with Gasteiger partial charge in [0.1, 0.15) is 0 Å². The summed E-state index contributed by atoms with van der Waals surface area (Å²) < 4.78 is 5.58. The minimum absolute atomic E-state index is 0.322. The van der Waals surface area contributed by atoms with Crippen molar-refractivity contribution in [3.8, 4) is 0 Å². The molecule has 108 valence electrons. The zero-order valence-electron chi connectivity index (χ0n) is 12.6. The van der Waals surface area contributed by atoms with Crippen LogP contribution >= 0.6 is 0 Å². The number of nitrogens with zero attached hydrogens (tertiary/aromatic N) is 1. The van der Waals surface area contributed by atoms with E-state index in [9.17, 15) is 5.11 Å². The molecule has 1 fully saturated rings. The van der Waals surface area contributed by atoms with Gasteiger partial charge in [-0.25, -0.2) is 0 Å². The minimum Gasteiger partial charge on any atom is -0.389 e. The van der Waals surface area contributed by atoms with Gasteiger partial charge in [-0.05, 0) is 32.7 Å². The number of ether oxygens (including phenoxy) is 1. The zero-order chi connectivity index (χ0) is 13.6. The molecule has 1 heterocycles. The van der Waals surface area contributed by atoms with Crippen molar-refractivity contribution in [1.82, 2.24) is 4.90 Å². The molecular weight excluding hydrogens is 242 g/mol. The van der Waals surface area contributed by atoms with Crippen LogP contribution in [-0.2, 0) is 4.74 Å². The maximum absolute atomic E-state index is 9.93. The predicted octanol–water partition coefficient (Wildman–Crippen LogP) is 2.58. The highest BCUT2D eigenvalue weighted by molar-refractivity contribution is 6.76. The molecule has 1 N–H and O–H groups in total. The number of β-amino-alcohol motifs (C(OH)–C–C–N with tert-alkyl or cyclic N) is 1. The molecule has 0 aromatic rings. The highest BCUT2D eigenvalue weighted by Crippen LogP contribution is 2.16. The molecule has 0 radical (unpaired) electrons. The highest BCUT2D eigenvalue weighted by Gasteiger charge is 2.22. The number of rotatable bonds is 8. The van der Waals surface area contributed by atoms with Crippen LogP contribution in [0, 0.1) is 0 Å². The average molecular weight is 273 g/mol. The molecular formula is C14H31NO2Si. The lowest BCUT2D eigenvalue weighted by Crippen LogP contribution is -2.36. The molecule has 0 saturated carbocycles. The van der Waals surface area contributed by atoms with Crippen molar-refractivity contribution in [2.75, 3.05) is 26.3 Å². The Morgan fingerprint density at radius 1 is 1.39 bits per heavy atom. The van der Waals surface area contributed by atoms with E-state index in [2.05, 4.69) is 31.5 Å². The van der Waals surface area contributed by atoms with Gasteiger partial charge >= 0.3 is 0 Å². The summed E-state index contributed by atoms with van der Waals surface area (Å²) >= 11 is 0. The van der Waals surface area contributed by atoms with E-state index in [0.717, 1.165) is 26.1 Å². The first kappa shape index (κ1) is 16.2. The molecule has 1 aliphatic rings. The number of likely N-dealkylation sites (tertiary alicyclic amines) is 1. The molecule has 0 spiro atoms. The summed E-state index contributed by atoms with van der Waals surface area (Å²) in [7, 11) is -0.924. The van der Waals surface area contributed by atoms with Crippen LogP contribution in [0.1, 0.15) is 26.2 Å². The van der Waals surface area contributed by atoms with E-state index in [4.69, 9.17) is 4.74 Å². The molecule has 0 aromatic carbocycles. The van der Waals surface area contributed by atoms with Crippen LogP contribution < -0.4 is 0 Å². The molecule has 0 aliphatic carbocycles. The standard InChI is InChI=1S/C14H31NO2Si/c1-13-7-5-8-15(13)11-14(16)12-17-9-6-10-18(2,3)4/h13-14,16H,5-12H2,1-4H3/t13-,14?/m1/s1. The lowest BCUT2D eigenvalue weighted by atomic mass is 10.2. The van der Waals surface area contributed by atoms with Gasteiger partial charge in [0.2, 0.25) is 0 Å². The second-order valence-corrected chi connectivity index (χ2v) is 12.5. The fourth-order valence-electron chi connectivity index (χ4n) is 2.51. The number of aliphatic hydroxyl groups excluding tert-OH is 1. The van der Waals surface area contributed by atoms with Crippen molar-refractivity contribution < 1.29 is 9.84 Å². The van der Waals surface area contributed by atoms with Gasteiger partial charge in [-0.3, -0.25) is 4.90 Å². The van der Waals surface area contributed by atoms with Gasteiger partial charge < -0.3 is 9.84 Å². The SMILES string of the molecule is C[C@@H]1CCCN1CC(O)COCCC[Si](C)(C)C. The largest absolute Gasteiger partial charge is 0.389 e. The summed E-state index contributed by atoms with van der Waals surface area (Å²) in [5.41, 5.74) is 0. The average Bonchev–Trinajstić information content (AvgIpc) is 2.62. The van der Waals surface area contributed by atoms with E-state index in [1.54, 1.807) is 0 Å². The molecule has 4 heteroatoms. The van der Waals surface area contributed by atoms with Crippen LogP contribution in [0.3, 0.4) is 0 Å². The first-order valence-electron chi connectivity index (χ1n) is 7.38. The molecule has 1 aliphatic heterocycles. The van der Waals surface area contributed by atoms with Crippen LogP contribution in [-0.4, -0.2) is 56.5 Å². The van der Waals surface area contributed by atoms with Crippen LogP contribution in [0.2, 0.25) is 25.7 Å². The van der Waals surface area contributed by atoms with Gasteiger partial charge in [0.25, 0.3) is 0 Å². The van der Waals surface area contributed by atoms with E-state index in [0.29, 0.717) is 12.6 Å². The van der Waals surface area contributed by atoms with E-state index < -0.39 is 8.07 Å². The van der Waals surface area contributed by atoms with Gasteiger partial charge in [-0.15, -0.1) is 0 Å². The lowest BCUT2D eigenvalue weighted by molar-refractivity contribution is 0.0157. The predicted molar refractivity (Wildman–Crippen MR) is 79.9 cm³/mol. The van der Waals surface area contributed by atoms with Crippen molar-refractivity contribution in [2.24, 2.45) is 0 Å². The quantitative estimate of drug-likeness (QED) is 0.545. The van der Waals surface area contributed by atoms with Crippen LogP contribution in [0.25, 0.3) is 0 Å². The summed E-state index contributed by atoms with van der Waals surface area (Å²) in [6, 6.07) is 1.94. The van der Waals surface area contributed by atoms with Crippen LogP contribution in [0.5, 0.6) is 0 Å². The third kappa shape index (κ3) is 6.88. The maximum atomic E-state index is 9.93. The third-order valence-corrected chi connectivity index (χ3v) is 5.52. The smallest absolute Gasteiger partial charge is 0.0900 e. The third-order valence-electron chi connectivity index (χ3n) is 3.66. The van der Waals surface area contributed by atoms with Gasteiger partial charge in [0, 0.05) is 27.3 Å². The Hall–Kier alpha value is 0.0969. The summed E-state index contributed by atoms with van der Waals surface area (Å²) in [6.07, 6.45) is 3.36. The topological polar surface area (TPSA) is 32.7 Å². The van der Waals surface area contributed by atoms with Crippen molar-refractivity contribution in [2.45, 2.75) is 64.0 Å². The molecule has 1 rings (SSSR count). The Bertz CT molecular complexity index is 230. The monoisotopic (exact) mass is 273 g/mol. The number of aliphatic hydroxyl groups is 1. The van der Waals surface area contributed by atoms with Crippen molar-refractivity contribution >= 4 is 8.07 Å². The molecule has 2 atom stereocenters. The Morgan fingerprint density at radius 2 is 2.11 bits per heavy atom. The summed E-state index contributed by atoms with van der Waals surface area (Å²) in [6.45, 7) is 12.6. The van der Waals surface area contributed by atoms with Gasteiger partial charge in [-0.1, -0.05) is 25.7 Å². The van der Waals surface area contributed by atoms with E-state index in [1.165, 1.54) is 18.9 Å². The Morgan fingerprint density at radius 3 is 2.67 bits per heavy atom. The first-order chi connectivity index (χ1) is 8.38. The molecule has 1 saturated heterocycles. The summed E-state index contributed by atoms with van der Waals surface area (Å²) in [5, 5.41) is 9.93. The normalized spacial score (nSPS) is 23.5. The zero-order valence-corrected chi connectivity index (χ0v) is 13.6. The van der Waals surface area contributed by atoms with Gasteiger partial charge in [-0.2, -0.15) is 0 Å². The molecule has 0 bridgehead atoms. The molecule has 3 nitrogen and oxygen atoms in total. The number of hydrogen-bond acceptors (Lipinski definition) is 3. The van der Waals surface area contributed by atoms with E-state index in [-0.39, 0.29) is 6.10 Å². The van der Waals surface area contributed by atoms with E-state index >= 15 is 0 Å². The first-order valence-corrected chi connectivity index (χ1v) is 11.1. The molecule has 0 aromatic heterocycles. The fourth-order valence-corrected chi connectivity index (χ4v) is 3.72. The maximum Gasteiger partial charge on any atom is 0.0900 e. The highest BCUT2D eigenvalue weighted by atomic mass is 28.3. The fraction of sp³-hybridized carbons (Fsp3) is 1.00. The van der Waals surface area contributed by atoms with Crippen LogP contribution in [0.15, 0.2) is 0 Å². The minimum atomic E-state index is -0.924. The second kappa shape index (κ2) is 7.63. The Labute approximate surface area is 114 Å². The van der Waals surface area contributed by atoms with Crippen molar-refractivity contribution in [1.29, 1.82) is 0 Å². The number of hydrogen-bond donors (Lipinski definition) is 1. The summed E-state index contributed by atoms with van der Waals surface area (Å²) in [5.74, 6) is 0. The summed E-state index contributed by atoms with van der Waals surface area (Å²) in [4.78, 5) is 2.37.